The van der Waals surface area contributed by atoms with Crippen LogP contribution in [0.4, 0.5) is 5.69 Å². The molecule has 0 fully saturated rings. The van der Waals surface area contributed by atoms with E-state index in [4.69, 9.17) is 11.6 Å². The zero-order valence-corrected chi connectivity index (χ0v) is 13.1. The van der Waals surface area contributed by atoms with Gasteiger partial charge < -0.3 is 5.32 Å². The highest BCUT2D eigenvalue weighted by Crippen LogP contribution is 2.25. The van der Waals surface area contributed by atoms with Gasteiger partial charge >= 0.3 is 0 Å². The van der Waals surface area contributed by atoms with Crippen LogP contribution < -0.4 is 10.9 Å². The molecule has 0 saturated heterocycles. The van der Waals surface area contributed by atoms with Gasteiger partial charge in [0.15, 0.2) is 0 Å². The molecule has 1 aromatic heterocycles. The summed E-state index contributed by atoms with van der Waals surface area (Å²) in [7, 11) is 0. The minimum Gasteiger partial charge on any atom is -0.376 e. The van der Waals surface area contributed by atoms with E-state index >= 15 is 0 Å². The third kappa shape index (κ3) is 3.64. The molecular weight excluding hydrogens is 286 g/mol. The summed E-state index contributed by atoms with van der Waals surface area (Å²) in [5.41, 5.74) is 1.50. The van der Waals surface area contributed by atoms with Crippen molar-refractivity contribution in [3.05, 3.63) is 57.5 Å². The minimum absolute atomic E-state index is 0.104. The smallest absolute Gasteiger partial charge is 0.287 e. The largest absolute Gasteiger partial charge is 0.376 e. The monoisotopic (exact) mass is 305 g/mol. The van der Waals surface area contributed by atoms with Crippen molar-refractivity contribution in [1.29, 1.82) is 0 Å². The number of halogens is 1. The lowest BCUT2D eigenvalue weighted by Crippen LogP contribution is -2.24. The van der Waals surface area contributed by atoms with Crippen LogP contribution >= 0.6 is 11.6 Å². The highest BCUT2D eigenvalue weighted by Gasteiger charge is 2.14. The zero-order chi connectivity index (χ0) is 15.2. The van der Waals surface area contributed by atoms with E-state index in [9.17, 15) is 4.79 Å². The Kier molecular flexibility index (Phi) is 5.39. The molecule has 5 heteroatoms. The Bertz CT molecular complexity index is 640. The van der Waals surface area contributed by atoms with Crippen molar-refractivity contribution in [3.8, 4) is 0 Å². The maximum absolute atomic E-state index is 12.1. The van der Waals surface area contributed by atoms with E-state index in [0.29, 0.717) is 12.2 Å². The molecule has 112 valence electrons. The SMILES string of the molecule is CCCn1ncc(NC(CC)c2ccccc2)c(Cl)c1=O. The van der Waals surface area contributed by atoms with Crippen LogP contribution in [-0.4, -0.2) is 9.78 Å². The van der Waals surface area contributed by atoms with E-state index < -0.39 is 0 Å². The lowest BCUT2D eigenvalue weighted by Gasteiger charge is -2.19. The first-order valence-electron chi connectivity index (χ1n) is 7.24. The van der Waals surface area contributed by atoms with E-state index in [1.165, 1.54) is 4.68 Å². The first-order chi connectivity index (χ1) is 10.2. The molecule has 2 aromatic rings. The van der Waals surface area contributed by atoms with Crippen molar-refractivity contribution in [1.82, 2.24) is 9.78 Å². The lowest BCUT2D eigenvalue weighted by molar-refractivity contribution is 0.568. The van der Waals surface area contributed by atoms with Crippen LogP contribution in [0.15, 0.2) is 41.3 Å². The van der Waals surface area contributed by atoms with E-state index in [2.05, 4.69) is 29.5 Å². The molecule has 0 saturated carbocycles. The van der Waals surface area contributed by atoms with Gasteiger partial charge in [-0.05, 0) is 18.4 Å². The van der Waals surface area contributed by atoms with Gasteiger partial charge in [-0.1, -0.05) is 55.8 Å². The van der Waals surface area contributed by atoms with Gasteiger partial charge in [0.2, 0.25) is 0 Å². The second-order valence-corrected chi connectivity index (χ2v) is 5.29. The van der Waals surface area contributed by atoms with Crippen molar-refractivity contribution >= 4 is 17.3 Å². The summed E-state index contributed by atoms with van der Waals surface area (Å²) in [6.07, 6.45) is 3.36. The standard InChI is InChI=1S/C16H20ClN3O/c1-3-10-20-16(21)15(17)14(11-18-20)19-13(4-2)12-8-6-5-7-9-12/h5-9,11,13,19H,3-4,10H2,1-2H3. The Hall–Kier alpha value is -1.81. The second kappa shape index (κ2) is 7.27. The number of nitrogens with one attached hydrogen (secondary N) is 1. The Morgan fingerprint density at radius 3 is 2.62 bits per heavy atom. The molecule has 1 heterocycles. The molecule has 0 aliphatic carbocycles. The summed E-state index contributed by atoms with van der Waals surface area (Å²) in [5, 5.41) is 7.68. The van der Waals surface area contributed by atoms with E-state index in [1.807, 2.05) is 25.1 Å². The highest BCUT2D eigenvalue weighted by atomic mass is 35.5. The van der Waals surface area contributed by atoms with Gasteiger partial charge in [0, 0.05) is 6.54 Å². The number of hydrogen-bond acceptors (Lipinski definition) is 3. The summed E-state index contributed by atoms with van der Waals surface area (Å²) < 4.78 is 1.40. The van der Waals surface area contributed by atoms with Crippen molar-refractivity contribution in [2.75, 3.05) is 5.32 Å². The molecule has 1 atom stereocenters. The predicted octanol–water partition coefficient (Wildman–Crippen LogP) is 3.87. The number of aromatic nitrogens is 2. The number of hydrogen-bond donors (Lipinski definition) is 1. The van der Waals surface area contributed by atoms with Gasteiger partial charge in [-0.15, -0.1) is 0 Å². The molecule has 21 heavy (non-hydrogen) atoms. The number of anilines is 1. The summed E-state index contributed by atoms with van der Waals surface area (Å²) in [6.45, 7) is 4.66. The fourth-order valence-electron chi connectivity index (χ4n) is 2.23. The number of aryl methyl sites for hydroxylation is 1. The predicted molar refractivity (Wildman–Crippen MR) is 86.9 cm³/mol. The van der Waals surface area contributed by atoms with Gasteiger partial charge in [0.05, 0.1) is 17.9 Å². The van der Waals surface area contributed by atoms with Gasteiger partial charge in [-0.25, -0.2) is 4.68 Å². The normalized spacial score (nSPS) is 12.1. The van der Waals surface area contributed by atoms with Gasteiger partial charge in [-0.3, -0.25) is 4.79 Å². The number of benzene rings is 1. The van der Waals surface area contributed by atoms with Crippen molar-refractivity contribution in [2.24, 2.45) is 0 Å². The van der Waals surface area contributed by atoms with E-state index in [0.717, 1.165) is 18.4 Å². The van der Waals surface area contributed by atoms with Crippen molar-refractivity contribution < 1.29 is 0 Å². The first kappa shape index (κ1) is 15.6. The molecule has 4 nitrogen and oxygen atoms in total. The fraction of sp³-hybridized carbons (Fsp3) is 0.375. The number of rotatable bonds is 6. The van der Waals surface area contributed by atoms with Gasteiger partial charge in [0.1, 0.15) is 5.02 Å². The minimum atomic E-state index is -0.244. The molecule has 2 rings (SSSR count). The van der Waals surface area contributed by atoms with Crippen molar-refractivity contribution in [2.45, 2.75) is 39.3 Å². The Labute approximate surface area is 129 Å². The van der Waals surface area contributed by atoms with E-state index in [1.54, 1.807) is 6.20 Å². The lowest BCUT2D eigenvalue weighted by atomic mass is 10.0. The maximum Gasteiger partial charge on any atom is 0.287 e. The molecule has 1 aromatic carbocycles. The van der Waals surface area contributed by atoms with E-state index in [-0.39, 0.29) is 16.6 Å². The van der Waals surface area contributed by atoms with Crippen LogP contribution in [0.3, 0.4) is 0 Å². The molecule has 0 bridgehead atoms. The molecule has 0 amide bonds. The van der Waals surface area contributed by atoms with Crippen LogP contribution in [-0.2, 0) is 6.54 Å². The van der Waals surface area contributed by atoms with Crippen molar-refractivity contribution in [3.63, 3.8) is 0 Å². The third-order valence-electron chi connectivity index (χ3n) is 3.36. The first-order valence-corrected chi connectivity index (χ1v) is 7.62. The molecule has 0 radical (unpaired) electrons. The molecule has 0 aliphatic heterocycles. The zero-order valence-electron chi connectivity index (χ0n) is 12.3. The van der Waals surface area contributed by atoms with Crippen LogP contribution in [0.1, 0.15) is 38.3 Å². The van der Waals surface area contributed by atoms with Gasteiger partial charge in [0.25, 0.3) is 5.56 Å². The van der Waals surface area contributed by atoms with Gasteiger partial charge in [-0.2, -0.15) is 5.10 Å². The summed E-state index contributed by atoms with van der Waals surface area (Å²) >= 11 is 6.19. The average Bonchev–Trinajstić information content (AvgIpc) is 2.52. The molecule has 0 spiro atoms. The third-order valence-corrected chi connectivity index (χ3v) is 3.73. The highest BCUT2D eigenvalue weighted by molar-refractivity contribution is 6.32. The van der Waals surface area contributed by atoms with Crippen LogP contribution in [0.25, 0.3) is 0 Å². The quantitative estimate of drug-likeness (QED) is 0.881. The molecule has 1 unspecified atom stereocenters. The van der Waals surface area contributed by atoms with Crippen LogP contribution in [0.2, 0.25) is 5.02 Å². The topological polar surface area (TPSA) is 46.9 Å². The Balaban J connectivity index is 2.26. The Morgan fingerprint density at radius 2 is 2.00 bits per heavy atom. The molecule has 1 N–H and O–H groups in total. The molecular formula is C16H20ClN3O. The number of nitrogens with zero attached hydrogens (tertiary/aromatic N) is 2. The molecule has 0 aliphatic rings. The summed E-state index contributed by atoms with van der Waals surface area (Å²) in [4.78, 5) is 12.1. The summed E-state index contributed by atoms with van der Waals surface area (Å²) in [6, 6.07) is 10.2. The second-order valence-electron chi connectivity index (χ2n) is 4.92. The Morgan fingerprint density at radius 1 is 1.29 bits per heavy atom. The average molecular weight is 306 g/mol. The fourth-order valence-corrected chi connectivity index (χ4v) is 2.43. The van der Waals surface area contributed by atoms with Crippen LogP contribution in [0.5, 0.6) is 0 Å². The maximum atomic E-state index is 12.1. The van der Waals surface area contributed by atoms with Crippen LogP contribution in [0, 0.1) is 0 Å². The summed E-state index contributed by atoms with van der Waals surface area (Å²) in [5.74, 6) is 0.